The van der Waals surface area contributed by atoms with Gasteiger partial charge in [-0.05, 0) is 19.3 Å². The highest BCUT2D eigenvalue weighted by Crippen LogP contribution is 1.97. The molecule has 0 rings (SSSR count). The number of carbonyl (C=O) groups excluding carboxylic acids is 1. The van der Waals surface area contributed by atoms with Crippen molar-refractivity contribution in [1.29, 1.82) is 0 Å². The molecule has 0 aromatic rings. The van der Waals surface area contributed by atoms with Crippen molar-refractivity contribution < 1.29 is 9.63 Å². The van der Waals surface area contributed by atoms with Crippen LogP contribution in [0.25, 0.3) is 0 Å². The maximum Gasteiger partial charge on any atom is 0.324 e. The van der Waals surface area contributed by atoms with Gasteiger partial charge in [0.25, 0.3) is 0 Å². The molecule has 0 fully saturated rings. The lowest BCUT2D eigenvalue weighted by Crippen LogP contribution is -2.08. The lowest BCUT2D eigenvalue weighted by Gasteiger charge is -1.94. The van der Waals surface area contributed by atoms with E-state index in [0.29, 0.717) is 6.42 Å². The largest absolute Gasteiger partial charge is 0.373 e. The minimum atomic E-state index is -0.338. The summed E-state index contributed by atoms with van der Waals surface area (Å²) in [6.45, 7) is 2.07. The maximum atomic E-state index is 10.5. The van der Waals surface area contributed by atoms with E-state index in [2.05, 4.69) is 29.8 Å². The molecule has 0 unspecified atom stereocenters. The lowest BCUT2D eigenvalue weighted by molar-refractivity contribution is -0.144. The zero-order valence-corrected chi connectivity index (χ0v) is 6.88. The van der Waals surface area contributed by atoms with Crippen LogP contribution in [0.2, 0.25) is 0 Å². The normalized spacial score (nSPS) is 10.4. The van der Waals surface area contributed by atoms with Crippen molar-refractivity contribution in [3.05, 3.63) is 12.2 Å². The molecular formula is C8H15NO2. The van der Waals surface area contributed by atoms with E-state index in [-0.39, 0.29) is 5.97 Å². The number of nitrogens with two attached hydrogens (primary N) is 1. The predicted molar refractivity (Wildman–Crippen MR) is 43.6 cm³/mol. The van der Waals surface area contributed by atoms with Gasteiger partial charge in [-0.15, -0.1) is 0 Å². The van der Waals surface area contributed by atoms with Crippen LogP contribution < -0.4 is 5.90 Å². The number of rotatable bonds is 5. The topological polar surface area (TPSA) is 52.3 Å². The van der Waals surface area contributed by atoms with E-state index in [0.717, 1.165) is 19.3 Å². The van der Waals surface area contributed by atoms with Gasteiger partial charge in [-0.2, -0.15) is 5.90 Å². The van der Waals surface area contributed by atoms with Gasteiger partial charge in [0, 0.05) is 6.42 Å². The minimum absolute atomic E-state index is 0.338. The molecule has 3 nitrogen and oxygen atoms in total. The van der Waals surface area contributed by atoms with Gasteiger partial charge in [0.1, 0.15) is 0 Å². The molecule has 0 amide bonds. The number of hydrogen-bond acceptors (Lipinski definition) is 3. The van der Waals surface area contributed by atoms with Crippen LogP contribution in [-0.4, -0.2) is 5.97 Å². The third kappa shape index (κ3) is 7.06. The van der Waals surface area contributed by atoms with E-state index in [4.69, 9.17) is 0 Å². The first-order valence-corrected chi connectivity index (χ1v) is 3.85. The van der Waals surface area contributed by atoms with Crippen LogP contribution in [0.3, 0.4) is 0 Å². The molecule has 3 heteroatoms. The Kier molecular flexibility index (Phi) is 6.73. The first-order chi connectivity index (χ1) is 5.31. The van der Waals surface area contributed by atoms with Gasteiger partial charge in [-0.1, -0.05) is 19.1 Å². The van der Waals surface area contributed by atoms with Crippen molar-refractivity contribution in [2.24, 2.45) is 5.90 Å². The Morgan fingerprint density at radius 3 is 2.82 bits per heavy atom. The van der Waals surface area contributed by atoms with Crippen molar-refractivity contribution in [2.45, 2.75) is 32.6 Å². The fourth-order valence-corrected chi connectivity index (χ4v) is 0.708. The van der Waals surface area contributed by atoms with E-state index in [1.165, 1.54) is 0 Å². The van der Waals surface area contributed by atoms with E-state index in [1.54, 1.807) is 0 Å². The molecule has 0 heterocycles. The second-order valence-electron chi connectivity index (χ2n) is 2.26. The van der Waals surface area contributed by atoms with E-state index in [1.807, 2.05) is 0 Å². The molecule has 0 aliphatic rings. The summed E-state index contributed by atoms with van der Waals surface area (Å²) in [4.78, 5) is 14.5. The molecule has 2 N–H and O–H groups in total. The number of carbonyl (C=O) groups is 1. The van der Waals surface area contributed by atoms with Crippen molar-refractivity contribution in [3.8, 4) is 0 Å². The Labute approximate surface area is 67.2 Å². The minimum Gasteiger partial charge on any atom is -0.373 e. The van der Waals surface area contributed by atoms with Crippen LogP contribution in [0, 0.1) is 0 Å². The fraction of sp³-hybridized carbons (Fsp3) is 0.625. The predicted octanol–water partition coefficient (Wildman–Crippen LogP) is 1.54. The number of allylic oxidation sites excluding steroid dienone is 2. The second kappa shape index (κ2) is 7.28. The van der Waals surface area contributed by atoms with Gasteiger partial charge < -0.3 is 4.84 Å². The van der Waals surface area contributed by atoms with Gasteiger partial charge in [-0.3, -0.25) is 4.79 Å². The molecule has 0 aromatic carbocycles. The second-order valence-corrected chi connectivity index (χ2v) is 2.26. The van der Waals surface area contributed by atoms with Gasteiger partial charge >= 0.3 is 5.97 Å². The molecule has 0 aromatic heterocycles. The molecule has 0 saturated heterocycles. The molecular weight excluding hydrogens is 142 g/mol. The Bertz CT molecular complexity index is 132. The molecule has 0 aliphatic carbocycles. The van der Waals surface area contributed by atoms with Crippen LogP contribution in [0.5, 0.6) is 0 Å². The average Bonchev–Trinajstić information content (AvgIpc) is 2.04. The Morgan fingerprint density at radius 2 is 2.27 bits per heavy atom. The lowest BCUT2D eigenvalue weighted by atomic mass is 10.2. The van der Waals surface area contributed by atoms with E-state index in [9.17, 15) is 4.79 Å². The first kappa shape index (κ1) is 10.2. The smallest absolute Gasteiger partial charge is 0.324 e. The zero-order valence-electron chi connectivity index (χ0n) is 6.88. The summed E-state index contributed by atoms with van der Waals surface area (Å²) in [5, 5.41) is 0. The Morgan fingerprint density at radius 1 is 1.55 bits per heavy atom. The summed E-state index contributed by atoms with van der Waals surface area (Å²) in [5.74, 6) is 4.31. The fourth-order valence-electron chi connectivity index (χ4n) is 0.708. The third-order valence-corrected chi connectivity index (χ3v) is 1.29. The molecule has 0 radical (unpaired) electrons. The summed E-state index contributed by atoms with van der Waals surface area (Å²) in [5.41, 5.74) is 0. The highest BCUT2D eigenvalue weighted by Gasteiger charge is 1.97. The van der Waals surface area contributed by atoms with Gasteiger partial charge in [-0.25, -0.2) is 0 Å². The highest BCUT2D eigenvalue weighted by atomic mass is 16.7. The van der Waals surface area contributed by atoms with Crippen LogP contribution >= 0.6 is 0 Å². The van der Waals surface area contributed by atoms with Crippen molar-refractivity contribution >= 4 is 5.97 Å². The number of unbranched alkanes of at least 4 members (excludes halogenated alkanes) is 1. The maximum absolute atomic E-state index is 10.5. The van der Waals surface area contributed by atoms with Gasteiger partial charge in [0.2, 0.25) is 0 Å². The van der Waals surface area contributed by atoms with Crippen molar-refractivity contribution in [1.82, 2.24) is 0 Å². The molecule has 0 aliphatic heterocycles. The summed E-state index contributed by atoms with van der Waals surface area (Å²) in [6, 6.07) is 0. The van der Waals surface area contributed by atoms with Crippen molar-refractivity contribution in [2.75, 3.05) is 0 Å². The summed E-state index contributed by atoms with van der Waals surface area (Å²) in [7, 11) is 0. The Balaban J connectivity index is 3.14. The Hall–Kier alpha value is -0.830. The molecule has 11 heavy (non-hydrogen) atoms. The van der Waals surface area contributed by atoms with E-state index >= 15 is 0 Å². The molecule has 0 spiro atoms. The van der Waals surface area contributed by atoms with Crippen molar-refractivity contribution in [3.63, 3.8) is 0 Å². The molecule has 64 valence electrons. The van der Waals surface area contributed by atoms with Gasteiger partial charge in [0.15, 0.2) is 0 Å². The van der Waals surface area contributed by atoms with E-state index < -0.39 is 0 Å². The van der Waals surface area contributed by atoms with Crippen LogP contribution in [0.15, 0.2) is 12.2 Å². The highest BCUT2D eigenvalue weighted by molar-refractivity contribution is 5.68. The van der Waals surface area contributed by atoms with Gasteiger partial charge in [0.05, 0.1) is 0 Å². The standard InChI is InChI=1S/C8H15NO2/c1-2-3-4-5-6-7-8(10)11-9/h3-4H,2,5-7,9H2,1H3/b4-3-. The van der Waals surface area contributed by atoms with Crippen LogP contribution in [0.1, 0.15) is 32.6 Å². The average molecular weight is 157 g/mol. The monoisotopic (exact) mass is 157 g/mol. The number of hydrogen-bond donors (Lipinski definition) is 1. The summed E-state index contributed by atoms with van der Waals surface area (Å²) in [6.07, 6.45) is 7.32. The quantitative estimate of drug-likeness (QED) is 0.374. The molecule has 0 atom stereocenters. The zero-order chi connectivity index (χ0) is 8.53. The first-order valence-electron chi connectivity index (χ1n) is 3.85. The summed E-state index contributed by atoms with van der Waals surface area (Å²) < 4.78 is 0. The molecule has 0 saturated carbocycles. The van der Waals surface area contributed by atoms with Crippen LogP contribution in [0.4, 0.5) is 0 Å². The third-order valence-electron chi connectivity index (χ3n) is 1.29. The van der Waals surface area contributed by atoms with Crippen LogP contribution in [-0.2, 0) is 9.63 Å². The molecule has 0 bridgehead atoms. The summed E-state index contributed by atoms with van der Waals surface area (Å²) >= 11 is 0. The SMILES string of the molecule is CC/C=C\CCCC(=O)ON.